The molecule has 8 nitrogen and oxygen atoms in total. The zero-order chi connectivity index (χ0) is 25.8. The summed E-state index contributed by atoms with van der Waals surface area (Å²) in [6, 6.07) is 3.41. The van der Waals surface area contributed by atoms with Crippen LogP contribution in [-0.2, 0) is 23.9 Å². The Morgan fingerprint density at radius 1 is 0.970 bits per heavy atom. The zero-order valence-electron chi connectivity index (χ0n) is 21.7. The van der Waals surface area contributed by atoms with Gasteiger partial charge in [0.2, 0.25) is 5.91 Å². The van der Waals surface area contributed by atoms with Crippen LogP contribution in [0, 0.1) is 18.3 Å². The summed E-state index contributed by atoms with van der Waals surface area (Å²) < 4.78 is 11.0. The third-order valence-corrected chi connectivity index (χ3v) is 4.54. The first kappa shape index (κ1) is 28.6. The number of aryl methyl sites for hydroxylation is 1. The number of ether oxygens (including phenoxy) is 2. The predicted molar refractivity (Wildman–Crippen MR) is 127 cm³/mol. The maximum absolute atomic E-state index is 13.2. The lowest BCUT2D eigenvalue weighted by molar-refractivity contribution is -0.168. The summed E-state index contributed by atoms with van der Waals surface area (Å²) in [6.07, 6.45) is -0.306. The van der Waals surface area contributed by atoms with Crippen molar-refractivity contribution < 1.29 is 29.0 Å². The molecule has 0 bridgehead atoms. The molecule has 0 fully saturated rings. The molecule has 186 valence electrons. The van der Waals surface area contributed by atoms with Crippen molar-refractivity contribution in [3.63, 3.8) is 0 Å². The number of hydrogen-bond acceptors (Lipinski definition) is 7. The lowest BCUT2D eigenvalue weighted by atomic mass is 9.85. The van der Waals surface area contributed by atoms with E-state index in [1.807, 2.05) is 0 Å². The molecule has 1 rings (SSSR count). The second-order valence-electron chi connectivity index (χ2n) is 11.3. The number of aromatic nitrogens is 1. The number of aliphatic hydroxyl groups is 1. The molecule has 0 radical (unpaired) electrons. The number of amides is 1. The van der Waals surface area contributed by atoms with Crippen molar-refractivity contribution in [3.8, 4) is 0 Å². The maximum atomic E-state index is 13.2. The first-order valence-corrected chi connectivity index (χ1v) is 11.2. The molecular formula is C25H40N2O6. The van der Waals surface area contributed by atoms with Crippen molar-refractivity contribution in [2.75, 3.05) is 11.9 Å². The van der Waals surface area contributed by atoms with Crippen LogP contribution in [0.1, 0.15) is 86.0 Å². The molecule has 0 spiro atoms. The lowest BCUT2D eigenvalue weighted by Crippen LogP contribution is -2.36. The van der Waals surface area contributed by atoms with Gasteiger partial charge in [-0.3, -0.25) is 19.4 Å². The van der Waals surface area contributed by atoms with Crippen LogP contribution in [0.3, 0.4) is 0 Å². The van der Waals surface area contributed by atoms with Crippen LogP contribution in [-0.4, -0.2) is 45.7 Å². The first-order valence-electron chi connectivity index (χ1n) is 11.2. The van der Waals surface area contributed by atoms with Crippen molar-refractivity contribution in [3.05, 3.63) is 23.5 Å². The van der Waals surface area contributed by atoms with E-state index >= 15 is 0 Å². The molecule has 8 heteroatoms. The second-order valence-corrected chi connectivity index (χ2v) is 11.3. The number of nitrogens with zero attached hydrogens (tertiary/aromatic N) is 1. The number of anilines is 1. The van der Waals surface area contributed by atoms with E-state index in [-0.39, 0.29) is 12.3 Å². The number of carbonyl (C=O) groups is 3. The normalized spacial score (nSPS) is 14.3. The molecule has 2 unspecified atom stereocenters. The average molecular weight is 465 g/mol. The van der Waals surface area contributed by atoms with Gasteiger partial charge in [-0.2, -0.15) is 0 Å². The van der Waals surface area contributed by atoms with E-state index in [1.54, 1.807) is 81.4 Å². The van der Waals surface area contributed by atoms with Crippen molar-refractivity contribution >= 4 is 23.5 Å². The fourth-order valence-corrected chi connectivity index (χ4v) is 3.01. The fourth-order valence-electron chi connectivity index (χ4n) is 3.01. The van der Waals surface area contributed by atoms with Gasteiger partial charge in [0.25, 0.3) is 0 Å². The zero-order valence-corrected chi connectivity index (χ0v) is 21.7. The minimum atomic E-state index is -1.07. The number of hydrogen-bond donors (Lipinski definition) is 2. The second kappa shape index (κ2) is 10.6. The monoisotopic (exact) mass is 464 g/mol. The largest absolute Gasteiger partial charge is 0.460 e. The Morgan fingerprint density at radius 2 is 1.52 bits per heavy atom. The van der Waals surface area contributed by atoms with Gasteiger partial charge < -0.3 is 19.9 Å². The molecule has 0 aliphatic carbocycles. The van der Waals surface area contributed by atoms with Crippen LogP contribution in [0.25, 0.3) is 0 Å². The van der Waals surface area contributed by atoms with Gasteiger partial charge in [0.1, 0.15) is 11.2 Å². The Balaban J connectivity index is 3.48. The Hall–Kier alpha value is -2.48. The summed E-state index contributed by atoms with van der Waals surface area (Å²) in [6.45, 7) is 17.0. The highest BCUT2D eigenvalue weighted by Gasteiger charge is 2.38. The summed E-state index contributed by atoms with van der Waals surface area (Å²) in [5.74, 6) is -3.45. The van der Waals surface area contributed by atoms with Crippen molar-refractivity contribution in [2.45, 2.75) is 92.8 Å². The van der Waals surface area contributed by atoms with E-state index < -0.39 is 47.0 Å². The molecule has 33 heavy (non-hydrogen) atoms. The highest BCUT2D eigenvalue weighted by molar-refractivity contribution is 5.95. The van der Waals surface area contributed by atoms with Crippen molar-refractivity contribution in [1.29, 1.82) is 0 Å². The van der Waals surface area contributed by atoms with E-state index in [9.17, 15) is 19.5 Å². The SMILES string of the molecule is Cc1ccc(NC(=O)C(C)(C)C)c(C(CO)C(CC(=O)OC(C)(C)C)C(=O)OC(C)(C)C)n1. The van der Waals surface area contributed by atoms with E-state index in [2.05, 4.69) is 10.3 Å². The molecule has 1 aromatic rings. The molecule has 0 aliphatic rings. The van der Waals surface area contributed by atoms with Gasteiger partial charge in [-0.25, -0.2) is 0 Å². The molecule has 2 atom stereocenters. The van der Waals surface area contributed by atoms with Crippen molar-refractivity contribution in [2.24, 2.45) is 11.3 Å². The lowest BCUT2D eigenvalue weighted by Gasteiger charge is -2.30. The molecule has 0 saturated heterocycles. The van der Waals surface area contributed by atoms with Gasteiger partial charge >= 0.3 is 11.9 Å². The molecular weight excluding hydrogens is 424 g/mol. The third kappa shape index (κ3) is 9.50. The van der Waals surface area contributed by atoms with Crippen LogP contribution < -0.4 is 5.32 Å². The van der Waals surface area contributed by atoms with Crippen LogP contribution in [0.15, 0.2) is 12.1 Å². The molecule has 0 saturated carbocycles. The minimum absolute atomic E-state index is 0.243. The Kier molecular flexibility index (Phi) is 9.20. The third-order valence-electron chi connectivity index (χ3n) is 4.54. The molecule has 2 N–H and O–H groups in total. The smallest absolute Gasteiger partial charge is 0.310 e. The molecule has 1 aromatic heterocycles. The average Bonchev–Trinajstić information content (AvgIpc) is 2.59. The van der Waals surface area contributed by atoms with Gasteiger partial charge in [0.15, 0.2) is 0 Å². The topological polar surface area (TPSA) is 115 Å². The summed E-state index contributed by atoms with van der Waals surface area (Å²) in [5, 5.41) is 13.2. The predicted octanol–water partition coefficient (Wildman–Crippen LogP) is 4.14. The van der Waals surface area contributed by atoms with E-state index in [0.29, 0.717) is 17.1 Å². The number of rotatable bonds is 7. The summed E-state index contributed by atoms with van der Waals surface area (Å²) in [7, 11) is 0. The van der Waals surface area contributed by atoms with Gasteiger partial charge in [0.05, 0.1) is 30.3 Å². The van der Waals surface area contributed by atoms with Crippen LogP contribution in [0.5, 0.6) is 0 Å². The Bertz CT molecular complexity index is 859. The minimum Gasteiger partial charge on any atom is -0.460 e. The number of aliphatic hydroxyl groups excluding tert-OH is 1. The summed E-state index contributed by atoms with van der Waals surface area (Å²) in [4.78, 5) is 43.0. The fraction of sp³-hybridized carbons (Fsp3) is 0.680. The maximum Gasteiger partial charge on any atom is 0.310 e. The van der Waals surface area contributed by atoms with E-state index in [0.717, 1.165) is 0 Å². The molecule has 1 heterocycles. The highest BCUT2D eigenvalue weighted by atomic mass is 16.6. The first-order chi connectivity index (χ1) is 14.8. The van der Waals surface area contributed by atoms with Crippen LogP contribution in [0.2, 0.25) is 0 Å². The van der Waals surface area contributed by atoms with Gasteiger partial charge in [-0.05, 0) is 60.6 Å². The van der Waals surface area contributed by atoms with Gasteiger partial charge in [-0.15, -0.1) is 0 Å². The number of nitrogens with one attached hydrogen (secondary N) is 1. The van der Waals surface area contributed by atoms with E-state index in [4.69, 9.17) is 9.47 Å². The standard InChI is InChI=1S/C25H40N2O6/c1-15-11-12-18(27-22(31)23(2,3)4)20(26-15)17(14-28)16(21(30)33-25(8,9)10)13-19(29)32-24(5,6)7/h11-12,16-17,28H,13-14H2,1-10H3,(H,27,31). The Morgan fingerprint density at radius 3 is 1.97 bits per heavy atom. The summed E-state index contributed by atoms with van der Waals surface area (Å²) >= 11 is 0. The Labute approximate surface area is 197 Å². The van der Waals surface area contributed by atoms with Crippen molar-refractivity contribution in [1.82, 2.24) is 4.98 Å². The number of esters is 2. The number of pyridine rings is 1. The highest BCUT2D eigenvalue weighted by Crippen LogP contribution is 2.34. The number of carbonyl (C=O) groups excluding carboxylic acids is 3. The molecule has 0 aromatic carbocycles. The van der Waals surface area contributed by atoms with Gasteiger partial charge in [-0.1, -0.05) is 20.8 Å². The molecule has 0 aliphatic heterocycles. The van der Waals surface area contributed by atoms with Gasteiger partial charge in [0, 0.05) is 17.0 Å². The summed E-state index contributed by atoms with van der Waals surface area (Å²) in [5.41, 5.74) is -0.883. The van der Waals surface area contributed by atoms with Crippen LogP contribution in [0.4, 0.5) is 5.69 Å². The molecule has 1 amide bonds. The quantitative estimate of drug-likeness (QED) is 0.583. The van der Waals surface area contributed by atoms with Crippen LogP contribution >= 0.6 is 0 Å². The van der Waals surface area contributed by atoms with E-state index in [1.165, 1.54) is 0 Å².